The van der Waals surface area contributed by atoms with Gasteiger partial charge < -0.3 is 39.1 Å². The Hall–Kier alpha value is -3.94. The van der Waals surface area contributed by atoms with E-state index in [0.717, 1.165) is 19.3 Å². The molecule has 0 saturated carbocycles. The zero-order valence-corrected chi connectivity index (χ0v) is 31.3. The minimum Gasteiger partial charge on any atom is -0.464 e. The van der Waals surface area contributed by atoms with Gasteiger partial charge >= 0.3 is 18.1 Å². The van der Waals surface area contributed by atoms with Crippen molar-refractivity contribution in [3.8, 4) is 5.75 Å². The second-order valence-electron chi connectivity index (χ2n) is 11.5. The van der Waals surface area contributed by atoms with Crippen LogP contribution in [0.4, 0.5) is 10.5 Å². The van der Waals surface area contributed by atoms with Crippen molar-refractivity contribution < 1.29 is 62.1 Å². The zero-order valence-electron chi connectivity index (χ0n) is 29.7. The number of benzene rings is 1. The molecule has 0 radical (unpaired) electrons. The van der Waals surface area contributed by atoms with E-state index in [1.165, 1.54) is 36.4 Å². The van der Waals surface area contributed by atoms with E-state index in [1.807, 2.05) is 21.6 Å². The maximum atomic E-state index is 12.0. The topological polar surface area (TPSA) is 225 Å². The van der Waals surface area contributed by atoms with Crippen molar-refractivity contribution in [2.45, 2.75) is 75.9 Å². The van der Waals surface area contributed by atoms with Crippen molar-refractivity contribution in [3.05, 3.63) is 34.4 Å². The van der Waals surface area contributed by atoms with Gasteiger partial charge in [0.25, 0.3) is 5.69 Å². The summed E-state index contributed by atoms with van der Waals surface area (Å²) in [6.07, 6.45) is 4.14. The fourth-order valence-corrected chi connectivity index (χ4v) is 7.51. The molecule has 1 fully saturated rings. The summed E-state index contributed by atoms with van der Waals surface area (Å²) < 4.78 is 30.5. The monoisotopic (exact) mass is 787 g/mol. The van der Waals surface area contributed by atoms with E-state index in [4.69, 9.17) is 28.4 Å². The number of non-ortho nitro benzene ring substituents is 1. The predicted octanol–water partition coefficient (Wildman–Crippen LogP) is 4.09. The second kappa shape index (κ2) is 28.5. The standard InChI is InChI=1S/C34H49N3O14S2/c38-27(4-3-18-46-22-24-50-34(43)51-28-10-7-26(8-11-28)37(44)45)9-13-32(41)49-23-21-47-19-16-35-31(40)12-14-33(42)48-20-17-36-30(39)6-2-1-5-29-15-25-52-53-29/h7-8,10-11,29H,1-6,9,12-25H2,(H,35,40)(H,36,39). The van der Waals surface area contributed by atoms with Crippen molar-refractivity contribution in [1.82, 2.24) is 10.6 Å². The molecule has 1 aliphatic heterocycles. The lowest BCUT2D eigenvalue weighted by molar-refractivity contribution is -0.384. The first kappa shape index (κ1) is 45.2. The highest BCUT2D eigenvalue weighted by atomic mass is 33.1. The van der Waals surface area contributed by atoms with E-state index in [-0.39, 0.29) is 120 Å². The van der Waals surface area contributed by atoms with Crippen molar-refractivity contribution in [2.24, 2.45) is 0 Å². The van der Waals surface area contributed by atoms with Crippen LogP contribution in [0.1, 0.15) is 70.6 Å². The van der Waals surface area contributed by atoms with Crippen LogP contribution in [0.25, 0.3) is 0 Å². The summed E-state index contributed by atoms with van der Waals surface area (Å²) in [4.78, 5) is 81.3. The number of nitrogens with one attached hydrogen (secondary N) is 2. The third-order valence-electron chi connectivity index (χ3n) is 7.26. The second-order valence-corrected chi connectivity index (χ2v) is 14.3. The summed E-state index contributed by atoms with van der Waals surface area (Å²) in [6.45, 7) is 0.965. The average Bonchev–Trinajstić information content (AvgIpc) is 3.66. The molecule has 0 aliphatic carbocycles. The molecular weight excluding hydrogens is 739 g/mol. The van der Waals surface area contributed by atoms with Crippen LogP contribution in [0.2, 0.25) is 0 Å². The number of esters is 2. The highest BCUT2D eigenvalue weighted by Crippen LogP contribution is 2.39. The van der Waals surface area contributed by atoms with Gasteiger partial charge in [0.15, 0.2) is 0 Å². The minimum absolute atomic E-state index is 0.0104. The lowest BCUT2D eigenvalue weighted by Crippen LogP contribution is -2.29. The summed E-state index contributed by atoms with van der Waals surface area (Å²) in [7, 11) is 3.85. The van der Waals surface area contributed by atoms with Crippen molar-refractivity contribution >= 4 is 63.0 Å². The Kier molecular flexibility index (Phi) is 24.4. The number of amides is 2. The first-order valence-electron chi connectivity index (χ1n) is 17.5. The van der Waals surface area contributed by atoms with Crippen LogP contribution in [0.3, 0.4) is 0 Å². The van der Waals surface area contributed by atoms with E-state index in [0.29, 0.717) is 18.1 Å². The quantitative estimate of drug-likeness (QED) is 0.0222. The van der Waals surface area contributed by atoms with Crippen molar-refractivity contribution in [2.75, 3.05) is 65.1 Å². The molecule has 1 atom stereocenters. The van der Waals surface area contributed by atoms with Crippen LogP contribution in [-0.4, -0.2) is 111 Å². The summed E-state index contributed by atoms with van der Waals surface area (Å²) in [5.41, 5.74) is -0.141. The number of ketones is 1. The molecule has 53 heavy (non-hydrogen) atoms. The molecule has 1 aromatic rings. The molecule has 2 amide bonds. The normalized spacial score (nSPS) is 13.5. The minimum atomic E-state index is -0.988. The van der Waals surface area contributed by atoms with Crippen LogP contribution < -0.4 is 15.4 Å². The van der Waals surface area contributed by atoms with Gasteiger partial charge in [-0.05, 0) is 37.8 Å². The van der Waals surface area contributed by atoms with E-state index < -0.39 is 23.0 Å². The van der Waals surface area contributed by atoms with Crippen molar-refractivity contribution in [1.29, 1.82) is 0 Å². The van der Waals surface area contributed by atoms with Gasteiger partial charge in [-0.1, -0.05) is 28.0 Å². The highest BCUT2D eigenvalue weighted by Gasteiger charge is 2.16. The number of Topliss-reactive ketones (excluding diaryl/α,β-unsaturated/α-hetero) is 1. The third kappa shape index (κ3) is 24.1. The first-order valence-corrected chi connectivity index (χ1v) is 19.9. The highest BCUT2D eigenvalue weighted by molar-refractivity contribution is 8.77. The molecule has 0 bridgehead atoms. The van der Waals surface area contributed by atoms with E-state index in [2.05, 4.69) is 10.6 Å². The average molecular weight is 788 g/mol. The van der Waals surface area contributed by atoms with Crippen LogP contribution >= 0.6 is 21.6 Å². The van der Waals surface area contributed by atoms with Gasteiger partial charge in [0.2, 0.25) is 11.8 Å². The van der Waals surface area contributed by atoms with E-state index in [9.17, 15) is 38.9 Å². The third-order valence-corrected chi connectivity index (χ3v) is 10.3. The summed E-state index contributed by atoms with van der Waals surface area (Å²) in [5.74, 6) is -0.305. The molecule has 0 spiro atoms. The smallest absolute Gasteiger partial charge is 0.464 e. The number of hydrogen-bond acceptors (Lipinski definition) is 16. The van der Waals surface area contributed by atoms with Gasteiger partial charge in [0.1, 0.15) is 31.4 Å². The Labute approximate surface area is 316 Å². The Morgan fingerprint density at radius 2 is 1.34 bits per heavy atom. The van der Waals surface area contributed by atoms with Gasteiger partial charge in [0.05, 0.1) is 44.1 Å². The number of ether oxygens (including phenoxy) is 6. The zero-order chi connectivity index (χ0) is 38.5. The van der Waals surface area contributed by atoms with E-state index >= 15 is 0 Å². The summed E-state index contributed by atoms with van der Waals surface area (Å²) in [6, 6.07) is 4.93. The number of nitro benzene ring substituents is 1. The van der Waals surface area contributed by atoms with Gasteiger partial charge in [-0.3, -0.25) is 34.1 Å². The number of carbonyl (C=O) groups excluding carboxylic acids is 6. The predicted molar refractivity (Wildman–Crippen MR) is 194 cm³/mol. The lowest BCUT2D eigenvalue weighted by Gasteiger charge is -2.09. The molecule has 1 heterocycles. The Balaban J connectivity index is 1.32. The van der Waals surface area contributed by atoms with Gasteiger partial charge in [0, 0.05) is 62.0 Å². The number of unbranched alkanes of at least 4 members (excludes halogenated alkanes) is 1. The molecule has 1 aromatic carbocycles. The molecule has 296 valence electrons. The molecular formula is C34H49N3O14S2. The fourth-order valence-electron chi connectivity index (χ4n) is 4.48. The molecule has 19 heteroatoms. The molecule has 1 saturated heterocycles. The maximum absolute atomic E-state index is 12.0. The molecule has 0 aromatic heterocycles. The Morgan fingerprint density at radius 3 is 2.04 bits per heavy atom. The van der Waals surface area contributed by atoms with Crippen LogP contribution in [0, 0.1) is 10.1 Å². The number of hydrogen-bond donors (Lipinski definition) is 2. The van der Waals surface area contributed by atoms with Gasteiger partial charge in [-0.2, -0.15) is 0 Å². The van der Waals surface area contributed by atoms with Crippen molar-refractivity contribution in [3.63, 3.8) is 0 Å². The molecule has 2 N–H and O–H groups in total. The largest absolute Gasteiger partial charge is 0.513 e. The molecule has 17 nitrogen and oxygen atoms in total. The van der Waals surface area contributed by atoms with Gasteiger partial charge in [-0.15, -0.1) is 0 Å². The summed E-state index contributed by atoms with van der Waals surface area (Å²) in [5, 5.41) is 16.7. The first-order chi connectivity index (χ1) is 25.6. The van der Waals surface area contributed by atoms with Gasteiger partial charge in [-0.25, -0.2) is 4.79 Å². The molecule has 1 unspecified atom stereocenters. The number of rotatable bonds is 29. The SMILES string of the molecule is O=C(CCCOCCOC(=O)Oc1ccc([N+](=O)[O-])cc1)CCC(=O)OCCOCCNC(=O)CCC(=O)OCCNC(=O)CCCCC1CCSS1. The lowest BCUT2D eigenvalue weighted by atomic mass is 10.1. The number of nitro groups is 1. The fraction of sp³-hybridized carbons (Fsp3) is 0.647. The Morgan fingerprint density at radius 1 is 0.698 bits per heavy atom. The molecule has 2 rings (SSSR count). The van der Waals surface area contributed by atoms with E-state index in [1.54, 1.807) is 0 Å². The van der Waals surface area contributed by atoms with Crippen LogP contribution in [0.5, 0.6) is 5.75 Å². The van der Waals surface area contributed by atoms with Crippen LogP contribution in [-0.2, 0) is 47.7 Å². The summed E-state index contributed by atoms with van der Waals surface area (Å²) >= 11 is 0. The Bertz CT molecular complexity index is 1300. The number of carbonyl (C=O) groups is 6. The molecule has 1 aliphatic rings. The maximum Gasteiger partial charge on any atom is 0.513 e. The van der Waals surface area contributed by atoms with Crippen LogP contribution in [0.15, 0.2) is 24.3 Å². The number of nitrogens with zero attached hydrogens (tertiary/aromatic N) is 1.